The van der Waals surface area contributed by atoms with Gasteiger partial charge in [-0.3, -0.25) is 4.79 Å². The van der Waals surface area contributed by atoms with Crippen molar-refractivity contribution in [2.24, 2.45) is 0 Å². The number of ether oxygens (including phenoxy) is 3. The summed E-state index contributed by atoms with van der Waals surface area (Å²) in [6.07, 6.45) is 3.88. The number of hydrogen-bond acceptors (Lipinski definition) is 5. The van der Waals surface area contributed by atoms with Crippen molar-refractivity contribution in [3.8, 4) is 28.6 Å². The van der Waals surface area contributed by atoms with Gasteiger partial charge in [0.25, 0.3) is 0 Å². The Morgan fingerprint density at radius 2 is 1.74 bits per heavy atom. The van der Waals surface area contributed by atoms with Crippen LogP contribution in [0.4, 0.5) is 0 Å². The van der Waals surface area contributed by atoms with Crippen LogP contribution in [0.15, 0.2) is 51.7 Å². The third-order valence-electron chi connectivity index (χ3n) is 4.59. The van der Waals surface area contributed by atoms with Gasteiger partial charge >= 0.3 is 0 Å². The molecule has 0 unspecified atom stereocenters. The molecule has 3 aromatic rings. The molecular formula is C22H20O5. The van der Waals surface area contributed by atoms with Gasteiger partial charge in [0.05, 0.1) is 19.8 Å². The zero-order valence-corrected chi connectivity index (χ0v) is 15.7. The Hall–Kier alpha value is -3.21. The number of fused-ring (bicyclic) bond motifs is 3. The van der Waals surface area contributed by atoms with E-state index >= 15 is 0 Å². The van der Waals surface area contributed by atoms with Crippen LogP contribution in [0.2, 0.25) is 0 Å². The van der Waals surface area contributed by atoms with Gasteiger partial charge in [0.2, 0.25) is 0 Å². The van der Waals surface area contributed by atoms with Gasteiger partial charge in [-0.05, 0) is 50.3 Å². The van der Waals surface area contributed by atoms with Gasteiger partial charge < -0.3 is 18.6 Å². The van der Waals surface area contributed by atoms with E-state index < -0.39 is 5.60 Å². The molecule has 0 saturated heterocycles. The van der Waals surface area contributed by atoms with Crippen molar-refractivity contribution in [2.75, 3.05) is 14.2 Å². The molecule has 2 aromatic carbocycles. The maximum Gasteiger partial charge on any atom is 0.197 e. The fourth-order valence-corrected chi connectivity index (χ4v) is 3.20. The van der Waals surface area contributed by atoms with E-state index in [4.69, 9.17) is 18.6 Å². The molecule has 138 valence electrons. The van der Waals surface area contributed by atoms with E-state index in [9.17, 15) is 4.79 Å². The number of hydrogen-bond donors (Lipinski definition) is 0. The topological polar surface area (TPSA) is 57.9 Å². The summed E-state index contributed by atoms with van der Waals surface area (Å²) in [5.41, 5.74) is 1.36. The average molecular weight is 364 g/mol. The van der Waals surface area contributed by atoms with Crippen molar-refractivity contribution < 1.29 is 18.6 Å². The number of benzene rings is 2. The Morgan fingerprint density at radius 1 is 1.00 bits per heavy atom. The van der Waals surface area contributed by atoms with Crippen molar-refractivity contribution in [1.29, 1.82) is 0 Å². The standard InChI is InChI=1S/C22H20O5/c1-22(2)10-9-15-18(27-22)12-19(25-4)20-16(23)11-17(26-21(15)20)13-5-7-14(24-3)8-6-13/h5-12H,1-4H3. The predicted octanol–water partition coefficient (Wildman–Crippen LogP) is 4.66. The lowest BCUT2D eigenvalue weighted by Gasteiger charge is -2.28. The molecule has 0 fully saturated rings. The van der Waals surface area contributed by atoms with Gasteiger partial charge in [0.15, 0.2) is 11.0 Å². The molecule has 0 amide bonds. The summed E-state index contributed by atoms with van der Waals surface area (Å²) < 4.78 is 22.8. The third kappa shape index (κ3) is 2.95. The first-order chi connectivity index (χ1) is 12.9. The van der Waals surface area contributed by atoms with Crippen LogP contribution in [0.3, 0.4) is 0 Å². The minimum atomic E-state index is -0.445. The van der Waals surface area contributed by atoms with Crippen LogP contribution in [-0.2, 0) is 0 Å². The van der Waals surface area contributed by atoms with Crippen molar-refractivity contribution in [2.45, 2.75) is 19.4 Å². The van der Waals surface area contributed by atoms with Crippen molar-refractivity contribution in [1.82, 2.24) is 0 Å². The molecule has 1 aliphatic rings. The smallest absolute Gasteiger partial charge is 0.197 e. The molecule has 0 N–H and O–H groups in total. The Balaban J connectivity index is 1.99. The predicted molar refractivity (Wildman–Crippen MR) is 105 cm³/mol. The molecule has 0 saturated carbocycles. The second-order valence-corrected chi connectivity index (χ2v) is 6.94. The van der Waals surface area contributed by atoms with Crippen molar-refractivity contribution in [3.63, 3.8) is 0 Å². The molecule has 4 rings (SSSR count). The quantitative estimate of drug-likeness (QED) is 0.676. The average Bonchev–Trinajstić information content (AvgIpc) is 2.66. The molecule has 1 aliphatic heterocycles. The minimum absolute atomic E-state index is 0.167. The summed E-state index contributed by atoms with van der Waals surface area (Å²) in [6.45, 7) is 3.93. The summed E-state index contributed by atoms with van der Waals surface area (Å²) in [6, 6.07) is 10.6. The van der Waals surface area contributed by atoms with Crippen LogP contribution in [-0.4, -0.2) is 19.8 Å². The molecule has 0 aliphatic carbocycles. The third-order valence-corrected chi connectivity index (χ3v) is 4.59. The van der Waals surface area contributed by atoms with Gasteiger partial charge in [0.1, 0.15) is 34.0 Å². The first-order valence-corrected chi connectivity index (χ1v) is 8.63. The van der Waals surface area contributed by atoms with Gasteiger partial charge in [-0.15, -0.1) is 0 Å². The maximum absolute atomic E-state index is 12.9. The first-order valence-electron chi connectivity index (χ1n) is 8.63. The molecule has 2 heterocycles. The zero-order chi connectivity index (χ0) is 19.2. The highest BCUT2D eigenvalue weighted by Gasteiger charge is 2.26. The molecule has 5 nitrogen and oxygen atoms in total. The van der Waals surface area contributed by atoms with Gasteiger partial charge in [0, 0.05) is 17.7 Å². The normalized spacial score (nSPS) is 14.5. The van der Waals surface area contributed by atoms with Gasteiger partial charge in [-0.1, -0.05) is 0 Å². The van der Waals surface area contributed by atoms with Gasteiger partial charge in [-0.2, -0.15) is 0 Å². The molecule has 0 radical (unpaired) electrons. The molecule has 0 spiro atoms. The first kappa shape index (κ1) is 17.2. The van der Waals surface area contributed by atoms with Crippen LogP contribution in [0.5, 0.6) is 17.2 Å². The second kappa shape index (κ2) is 6.20. The summed E-state index contributed by atoms with van der Waals surface area (Å²) in [4.78, 5) is 12.9. The number of methoxy groups -OCH3 is 2. The van der Waals surface area contributed by atoms with Crippen LogP contribution in [0.1, 0.15) is 19.4 Å². The van der Waals surface area contributed by atoms with E-state index in [-0.39, 0.29) is 5.43 Å². The maximum atomic E-state index is 12.9. The summed E-state index contributed by atoms with van der Waals surface area (Å²) in [5, 5.41) is 0.404. The lowest BCUT2D eigenvalue weighted by molar-refractivity contribution is 0.158. The Labute approximate surface area is 156 Å². The Kier molecular flexibility index (Phi) is 3.95. The van der Waals surface area contributed by atoms with E-state index in [2.05, 4.69) is 0 Å². The summed E-state index contributed by atoms with van der Waals surface area (Å²) >= 11 is 0. The SMILES string of the molecule is COc1ccc(-c2cc(=O)c3c(OC)cc4c(c3o2)C=CC(C)(C)O4)cc1. The minimum Gasteiger partial charge on any atom is -0.497 e. The molecule has 0 bridgehead atoms. The van der Waals surface area contributed by atoms with Crippen LogP contribution in [0.25, 0.3) is 28.4 Å². The van der Waals surface area contributed by atoms with E-state index in [0.717, 1.165) is 16.9 Å². The monoisotopic (exact) mass is 364 g/mol. The largest absolute Gasteiger partial charge is 0.497 e. The van der Waals surface area contributed by atoms with E-state index in [1.54, 1.807) is 13.2 Å². The molecule has 1 aromatic heterocycles. The van der Waals surface area contributed by atoms with E-state index in [1.165, 1.54) is 13.2 Å². The van der Waals surface area contributed by atoms with Gasteiger partial charge in [-0.25, -0.2) is 0 Å². The van der Waals surface area contributed by atoms with Crippen molar-refractivity contribution in [3.05, 3.63) is 58.3 Å². The highest BCUT2D eigenvalue weighted by atomic mass is 16.5. The number of rotatable bonds is 3. The second-order valence-electron chi connectivity index (χ2n) is 6.94. The Morgan fingerprint density at radius 3 is 2.41 bits per heavy atom. The fraction of sp³-hybridized carbons (Fsp3) is 0.227. The molecular weight excluding hydrogens is 344 g/mol. The van der Waals surface area contributed by atoms with Crippen molar-refractivity contribution >= 4 is 17.0 Å². The summed E-state index contributed by atoms with van der Waals surface area (Å²) in [5.74, 6) is 2.27. The molecule has 0 atom stereocenters. The lowest BCUT2D eigenvalue weighted by atomic mass is 9.99. The Bertz CT molecular complexity index is 1100. The van der Waals surface area contributed by atoms with E-state index in [1.807, 2.05) is 50.3 Å². The highest BCUT2D eigenvalue weighted by Crippen LogP contribution is 2.41. The molecule has 27 heavy (non-hydrogen) atoms. The molecule has 5 heteroatoms. The fourth-order valence-electron chi connectivity index (χ4n) is 3.20. The van der Waals surface area contributed by atoms with E-state index in [0.29, 0.717) is 28.2 Å². The van der Waals surface area contributed by atoms with Crippen LogP contribution in [0, 0.1) is 0 Å². The van der Waals surface area contributed by atoms with Crippen LogP contribution >= 0.6 is 0 Å². The zero-order valence-electron chi connectivity index (χ0n) is 15.7. The lowest BCUT2D eigenvalue weighted by Crippen LogP contribution is -2.27. The van der Waals surface area contributed by atoms with Crippen LogP contribution < -0.4 is 19.6 Å². The summed E-state index contributed by atoms with van der Waals surface area (Å²) in [7, 11) is 3.14. The highest BCUT2D eigenvalue weighted by molar-refractivity contribution is 5.94.